The van der Waals surface area contributed by atoms with Crippen LogP contribution < -0.4 is 5.32 Å². The highest BCUT2D eigenvalue weighted by Gasteiger charge is 2.40. The summed E-state index contributed by atoms with van der Waals surface area (Å²) in [6.45, 7) is 8.15. The van der Waals surface area contributed by atoms with Crippen LogP contribution in [0.1, 0.15) is 40.5 Å². The summed E-state index contributed by atoms with van der Waals surface area (Å²) < 4.78 is 25.7. The van der Waals surface area contributed by atoms with Crippen molar-refractivity contribution in [3.05, 3.63) is 0 Å². The van der Waals surface area contributed by atoms with Crippen LogP contribution in [-0.4, -0.2) is 18.5 Å². The number of nitrogens with one attached hydrogen (secondary N) is 1. The van der Waals surface area contributed by atoms with Gasteiger partial charge in [0.1, 0.15) is 0 Å². The molecule has 0 saturated heterocycles. The molecular formula is C10H21F2N. The van der Waals surface area contributed by atoms with Crippen LogP contribution in [0.5, 0.6) is 0 Å². The molecule has 0 spiro atoms. The van der Waals surface area contributed by atoms with Gasteiger partial charge in [-0.05, 0) is 25.3 Å². The van der Waals surface area contributed by atoms with Gasteiger partial charge < -0.3 is 5.32 Å². The molecule has 1 unspecified atom stereocenters. The Balaban J connectivity index is 4.45. The van der Waals surface area contributed by atoms with Gasteiger partial charge in [0.25, 0.3) is 6.43 Å². The van der Waals surface area contributed by atoms with E-state index in [0.29, 0.717) is 13.0 Å². The fourth-order valence-electron chi connectivity index (χ4n) is 1.58. The number of halogens is 2. The van der Waals surface area contributed by atoms with Gasteiger partial charge in [-0.1, -0.05) is 27.7 Å². The summed E-state index contributed by atoms with van der Waals surface area (Å²) in [5.41, 5.74) is -0.990. The normalized spacial score (nSPS) is 16.6. The molecule has 0 amide bonds. The van der Waals surface area contributed by atoms with E-state index in [2.05, 4.69) is 5.32 Å². The number of rotatable bonds is 6. The molecule has 0 aliphatic rings. The number of hydrogen-bond acceptors (Lipinski definition) is 1. The Morgan fingerprint density at radius 3 is 2.00 bits per heavy atom. The summed E-state index contributed by atoms with van der Waals surface area (Å²) in [4.78, 5) is 0. The average Bonchev–Trinajstić information content (AvgIpc) is 2.05. The summed E-state index contributed by atoms with van der Waals surface area (Å²) in [6, 6.07) is 0. The molecule has 0 aliphatic carbocycles. The molecule has 0 aliphatic heterocycles. The fraction of sp³-hybridized carbons (Fsp3) is 1.00. The van der Waals surface area contributed by atoms with Crippen molar-refractivity contribution >= 4 is 0 Å². The quantitative estimate of drug-likeness (QED) is 0.683. The molecule has 0 radical (unpaired) electrons. The minimum absolute atomic E-state index is 0.0379. The average molecular weight is 193 g/mol. The van der Waals surface area contributed by atoms with Crippen LogP contribution in [0, 0.1) is 5.92 Å². The van der Waals surface area contributed by atoms with Crippen molar-refractivity contribution in [2.24, 2.45) is 5.92 Å². The van der Waals surface area contributed by atoms with Gasteiger partial charge in [0.15, 0.2) is 0 Å². The second-order valence-corrected chi connectivity index (χ2v) is 3.78. The van der Waals surface area contributed by atoms with E-state index in [1.54, 1.807) is 0 Å². The fourth-order valence-corrected chi connectivity index (χ4v) is 1.58. The molecule has 3 heteroatoms. The van der Waals surface area contributed by atoms with Gasteiger partial charge in [-0.3, -0.25) is 0 Å². The molecular weight excluding hydrogens is 172 g/mol. The highest BCUT2D eigenvalue weighted by Crippen LogP contribution is 2.28. The summed E-state index contributed by atoms with van der Waals surface area (Å²) in [5.74, 6) is -0.0379. The highest BCUT2D eigenvalue weighted by molar-refractivity contribution is 4.92. The summed E-state index contributed by atoms with van der Waals surface area (Å²) >= 11 is 0. The Labute approximate surface area is 79.9 Å². The molecule has 0 fully saturated rings. The summed E-state index contributed by atoms with van der Waals surface area (Å²) in [7, 11) is 0. The van der Waals surface area contributed by atoms with Gasteiger partial charge in [-0.25, -0.2) is 8.78 Å². The monoisotopic (exact) mass is 193 g/mol. The van der Waals surface area contributed by atoms with Crippen LogP contribution in [-0.2, 0) is 0 Å². The second-order valence-electron chi connectivity index (χ2n) is 3.78. The topological polar surface area (TPSA) is 12.0 Å². The van der Waals surface area contributed by atoms with E-state index in [9.17, 15) is 8.78 Å². The van der Waals surface area contributed by atoms with Crippen molar-refractivity contribution in [1.29, 1.82) is 0 Å². The van der Waals surface area contributed by atoms with E-state index in [-0.39, 0.29) is 5.92 Å². The molecule has 0 aromatic carbocycles. The Hall–Kier alpha value is -0.180. The van der Waals surface area contributed by atoms with Crippen molar-refractivity contribution in [3.8, 4) is 0 Å². The third-order valence-electron chi connectivity index (χ3n) is 2.71. The Morgan fingerprint density at radius 2 is 1.77 bits per heavy atom. The van der Waals surface area contributed by atoms with Crippen LogP contribution in [0.2, 0.25) is 0 Å². The first kappa shape index (κ1) is 12.8. The third kappa shape index (κ3) is 2.90. The zero-order valence-electron chi connectivity index (χ0n) is 9.03. The zero-order chi connectivity index (χ0) is 10.5. The molecule has 0 aromatic heterocycles. The van der Waals surface area contributed by atoms with Gasteiger partial charge in [0.05, 0.1) is 5.54 Å². The van der Waals surface area contributed by atoms with E-state index in [0.717, 1.165) is 6.42 Å². The summed E-state index contributed by atoms with van der Waals surface area (Å²) in [6.07, 6.45) is -0.923. The molecule has 13 heavy (non-hydrogen) atoms. The molecule has 1 atom stereocenters. The highest BCUT2D eigenvalue weighted by atomic mass is 19.3. The van der Waals surface area contributed by atoms with Crippen molar-refractivity contribution in [2.75, 3.05) is 6.54 Å². The maximum Gasteiger partial charge on any atom is 0.256 e. The maximum absolute atomic E-state index is 12.9. The predicted molar refractivity (Wildman–Crippen MR) is 52.2 cm³/mol. The van der Waals surface area contributed by atoms with E-state index in [1.165, 1.54) is 0 Å². The predicted octanol–water partition coefficient (Wildman–Crippen LogP) is 3.06. The van der Waals surface area contributed by atoms with Gasteiger partial charge in [0.2, 0.25) is 0 Å². The lowest BCUT2D eigenvalue weighted by Gasteiger charge is -2.37. The van der Waals surface area contributed by atoms with E-state index in [4.69, 9.17) is 0 Å². The number of alkyl halides is 2. The van der Waals surface area contributed by atoms with Crippen LogP contribution in [0.25, 0.3) is 0 Å². The van der Waals surface area contributed by atoms with Crippen LogP contribution >= 0.6 is 0 Å². The van der Waals surface area contributed by atoms with Crippen molar-refractivity contribution in [2.45, 2.75) is 52.5 Å². The van der Waals surface area contributed by atoms with Gasteiger partial charge >= 0.3 is 0 Å². The Kier molecular flexibility index (Phi) is 5.45. The minimum atomic E-state index is -2.29. The summed E-state index contributed by atoms with van der Waals surface area (Å²) in [5, 5.41) is 2.98. The second kappa shape index (κ2) is 5.53. The van der Waals surface area contributed by atoms with Gasteiger partial charge in [0, 0.05) is 0 Å². The lowest BCUT2D eigenvalue weighted by Crippen LogP contribution is -2.55. The van der Waals surface area contributed by atoms with Crippen LogP contribution in [0.3, 0.4) is 0 Å². The largest absolute Gasteiger partial charge is 0.306 e. The van der Waals surface area contributed by atoms with Crippen LogP contribution in [0.15, 0.2) is 0 Å². The van der Waals surface area contributed by atoms with Gasteiger partial charge in [-0.2, -0.15) is 0 Å². The van der Waals surface area contributed by atoms with Crippen molar-refractivity contribution in [1.82, 2.24) is 5.32 Å². The molecule has 0 bridgehead atoms. The minimum Gasteiger partial charge on any atom is -0.306 e. The lowest BCUT2D eigenvalue weighted by molar-refractivity contribution is -0.00123. The van der Waals surface area contributed by atoms with E-state index < -0.39 is 12.0 Å². The first-order valence-electron chi connectivity index (χ1n) is 5.04. The molecule has 1 N–H and O–H groups in total. The van der Waals surface area contributed by atoms with E-state index in [1.807, 2.05) is 27.7 Å². The van der Waals surface area contributed by atoms with Crippen molar-refractivity contribution < 1.29 is 8.78 Å². The SMILES string of the molecule is CCCNC(CC)(C(C)C)C(F)F. The Bertz CT molecular complexity index is 127. The smallest absolute Gasteiger partial charge is 0.256 e. The van der Waals surface area contributed by atoms with Crippen molar-refractivity contribution in [3.63, 3.8) is 0 Å². The van der Waals surface area contributed by atoms with E-state index >= 15 is 0 Å². The van der Waals surface area contributed by atoms with Gasteiger partial charge in [-0.15, -0.1) is 0 Å². The molecule has 1 nitrogen and oxygen atoms in total. The number of hydrogen-bond donors (Lipinski definition) is 1. The first-order chi connectivity index (χ1) is 6.01. The molecule has 0 rings (SSSR count). The van der Waals surface area contributed by atoms with Crippen LogP contribution in [0.4, 0.5) is 8.78 Å². The molecule has 0 heterocycles. The standard InChI is InChI=1S/C10H21F2N/c1-5-7-13-10(6-2,8(3)4)9(11)12/h8-9,13H,5-7H2,1-4H3. The zero-order valence-corrected chi connectivity index (χ0v) is 9.03. The molecule has 0 saturated carbocycles. The third-order valence-corrected chi connectivity index (χ3v) is 2.71. The molecule has 80 valence electrons. The Morgan fingerprint density at radius 1 is 1.23 bits per heavy atom. The molecule has 0 aromatic rings. The maximum atomic E-state index is 12.9. The first-order valence-corrected chi connectivity index (χ1v) is 5.04. The lowest BCUT2D eigenvalue weighted by atomic mass is 9.84.